The molecule has 0 amide bonds. The van der Waals surface area contributed by atoms with Gasteiger partial charge in [-0.1, -0.05) is 0 Å². The van der Waals surface area contributed by atoms with Crippen LogP contribution in [-0.4, -0.2) is 45.8 Å². The van der Waals surface area contributed by atoms with Gasteiger partial charge in [0, 0.05) is 17.9 Å². The topological polar surface area (TPSA) is 104 Å². The fourth-order valence-electron chi connectivity index (χ4n) is 2.70. The van der Waals surface area contributed by atoms with E-state index >= 15 is 0 Å². The van der Waals surface area contributed by atoms with Gasteiger partial charge in [0.15, 0.2) is 21.3 Å². The molecular weight excluding hydrogens is 380 g/mol. The number of esters is 1. The van der Waals surface area contributed by atoms with Crippen molar-refractivity contribution in [2.75, 3.05) is 6.26 Å². The van der Waals surface area contributed by atoms with Crippen LogP contribution in [0, 0.1) is 6.92 Å². The van der Waals surface area contributed by atoms with Crippen LogP contribution in [0.3, 0.4) is 0 Å². The van der Waals surface area contributed by atoms with E-state index in [0.717, 1.165) is 6.26 Å². The van der Waals surface area contributed by atoms with Gasteiger partial charge < -0.3 is 4.74 Å². The van der Waals surface area contributed by atoms with E-state index in [-0.39, 0.29) is 17.3 Å². The number of hydrogen-bond acceptors (Lipinski definition) is 7. The van der Waals surface area contributed by atoms with E-state index in [2.05, 4.69) is 15.1 Å². The van der Waals surface area contributed by atoms with Crippen molar-refractivity contribution in [2.24, 2.45) is 0 Å². The smallest absolute Gasteiger partial charge is 0.312 e. The summed E-state index contributed by atoms with van der Waals surface area (Å²) < 4.78 is 30.3. The molecule has 0 unspecified atom stereocenters. The number of carbonyl (C=O) groups is 1. The van der Waals surface area contributed by atoms with Crippen molar-refractivity contribution >= 4 is 21.5 Å². The molecule has 0 spiro atoms. The second kappa shape index (κ2) is 6.97. The first-order chi connectivity index (χ1) is 12.9. The molecule has 1 aromatic carbocycles. The molecule has 0 fully saturated rings. The van der Waals surface area contributed by atoms with Crippen LogP contribution in [0.15, 0.2) is 35.2 Å². The molecule has 0 aliphatic carbocycles. The van der Waals surface area contributed by atoms with Gasteiger partial charge in [0.1, 0.15) is 11.4 Å². The fourth-order valence-corrected chi connectivity index (χ4v) is 3.33. The Balaban J connectivity index is 2.05. The molecule has 9 heteroatoms. The standard InChI is InChI=1S/C19H22N4O4S/c1-12-20-16-10-14(11-17(24)27-19(2,3)4)21-18(23(16)22-12)13-6-8-15(9-7-13)28(5,25)26/h6-10H,11H2,1-5H3. The van der Waals surface area contributed by atoms with Crippen molar-refractivity contribution < 1.29 is 17.9 Å². The lowest BCUT2D eigenvalue weighted by Crippen LogP contribution is -2.25. The molecule has 8 nitrogen and oxygen atoms in total. The predicted octanol–water partition coefficient (Wildman–Crippen LogP) is 2.39. The molecule has 148 valence electrons. The molecule has 3 rings (SSSR count). The summed E-state index contributed by atoms with van der Waals surface area (Å²) in [5.74, 6) is 0.640. The van der Waals surface area contributed by atoms with Gasteiger partial charge in [0.2, 0.25) is 0 Å². The molecule has 0 bridgehead atoms. The summed E-state index contributed by atoms with van der Waals surface area (Å²) in [6, 6.07) is 8.04. The molecule has 0 aliphatic rings. The first-order valence-corrected chi connectivity index (χ1v) is 10.6. The number of benzene rings is 1. The maximum Gasteiger partial charge on any atom is 0.312 e. The minimum atomic E-state index is -3.30. The summed E-state index contributed by atoms with van der Waals surface area (Å²) in [6.07, 6.45) is 1.15. The number of sulfone groups is 1. The molecule has 0 saturated heterocycles. The highest BCUT2D eigenvalue weighted by molar-refractivity contribution is 7.90. The third kappa shape index (κ3) is 4.53. The van der Waals surface area contributed by atoms with Crippen molar-refractivity contribution in [2.45, 2.75) is 44.6 Å². The highest BCUT2D eigenvalue weighted by Gasteiger charge is 2.19. The Bertz CT molecular complexity index is 1140. The van der Waals surface area contributed by atoms with Gasteiger partial charge in [-0.25, -0.2) is 18.4 Å². The Morgan fingerprint density at radius 2 is 1.79 bits per heavy atom. The number of hydrogen-bond donors (Lipinski definition) is 0. The largest absolute Gasteiger partial charge is 0.460 e. The van der Waals surface area contributed by atoms with Gasteiger partial charge in [-0.15, -0.1) is 5.10 Å². The van der Waals surface area contributed by atoms with Crippen LogP contribution in [0.1, 0.15) is 32.3 Å². The molecule has 2 heterocycles. The van der Waals surface area contributed by atoms with E-state index in [9.17, 15) is 13.2 Å². The summed E-state index contributed by atoms with van der Waals surface area (Å²) >= 11 is 0. The number of fused-ring (bicyclic) bond motifs is 1. The van der Waals surface area contributed by atoms with E-state index in [4.69, 9.17) is 4.74 Å². The normalized spacial score (nSPS) is 12.3. The third-order valence-corrected chi connectivity index (χ3v) is 4.90. The Labute approximate surface area is 163 Å². The molecule has 0 N–H and O–H groups in total. The Kier molecular flexibility index (Phi) is 4.97. The maximum atomic E-state index is 12.2. The number of rotatable bonds is 4. The second-order valence-corrected chi connectivity index (χ2v) is 9.58. The summed E-state index contributed by atoms with van der Waals surface area (Å²) in [5, 5.41) is 4.35. The van der Waals surface area contributed by atoms with Crippen molar-refractivity contribution in [1.29, 1.82) is 0 Å². The molecule has 0 atom stereocenters. The van der Waals surface area contributed by atoms with E-state index in [1.165, 1.54) is 12.1 Å². The van der Waals surface area contributed by atoms with Crippen molar-refractivity contribution in [3.8, 4) is 11.4 Å². The van der Waals surface area contributed by atoms with Crippen molar-refractivity contribution in [3.05, 3.63) is 41.9 Å². The van der Waals surface area contributed by atoms with Crippen molar-refractivity contribution in [3.63, 3.8) is 0 Å². The van der Waals surface area contributed by atoms with E-state index < -0.39 is 15.4 Å². The van der Waals surface area contributed by atoms with Crippen LogP contribution < -0.4 is 0 Å². The highest BCUT2D eigenvalue weighted by Crippen LogP contribution is 2.22. The first-order valence-electron chi connectivity index (χ1n) is 8.68. The maximum absolute atomic E-state index is 12.2. The minimum absolute atomic E-state index is 0.00585. The molecule has 28 heavy (non-hydrogen) atoms. The number of aryl methyl sites for hydroxylation is 1. The first kappa shape index (κ1) is 19.9. The van der Waals surface area contributed by atoms with Gasteiger partial charge in [0.25, 0.3) is 0 Å². The number of nitrogens with zero attached hydrogens (tertiary/aromatic N) is 4. The molecule has 0 saturated carbocycles. The number of carbonyl (C=O) groups excluding carboxylic acids is 1. The molecule has 0 aliphatic heterocycles. The van der Waals surface area contributed by atoms with Gasteiger partial charge in [0.05, 0.1) is 17.0 Å². The minimum Gasteiger partial charge on any atom is -0.460 e. The lowest BCUT2D eigenvalue weighted by molar-refractivity contribution is -0.153. The average Bonchev–Trinajstić information content (AvgIpc) is 2.91. The quantitative estimate of drug-likeness (QED) is 0.617. The van der Waals surface area contributed by atoms with Gasteiger partial charge in [-0.2, -0.15) is 4.52 Å². The van der Waals surface area contributed by atoms with Crippen LogP contribution in [0.5, 0.6) is 0 Å². The zero-order valence-corrected chi connectivity index (χ0v) is 17.2. The number of aromatic nitrogens is 4. The van der Waals surface area contributed by atoms with E-state index in [0.29, 0.717) is 28.6 Å². The predicted molar refractivity (Wildman–Crippen MR) is 104 cm³/mol. The molecule has 2 aromatic heterocycles. The van der Waals surface area contributed by atoms with E-state index in [1.807, 2.05) is 0 Å². The molecule has 0 radical (unpaired) electrons. The van der Waals surface area contributed by atoms with Crippen LogP contribution in [-0.2, 0) is 25.8 Å². The summed E-state index contributed by atoms with van der Waals surface area (Å²) in [4.78, 5) is 21.3. The third-order valence-electron chi connectivity index (χ3n) is 3.77. The summed E-state index contributed by atoms with van der Waals surface area (Å²) in [5.41, 5.74) is 1.12. The lowest BCUT2D eigenvalue weighted by Gasteiger charge is -2.19. The SMILES string of the molecule is Cc1nc2cc(CC(=O)OC(C)(C)C)nc(-c3ccc(S(C)(=O)=O)cc3)n2n1. The zero-order chi connectivity index (χ0) is 20.7. The van der Waals surface area contributed by atoms with Gasteiger partial charge >= 0.3 is 5.97 Å². The summed E-state index contributed by atoms with van der Waals surface area (Å²) in [7, 11) is -3.30. The Morgan fingerprint density at radius 1 is 1.14 bits per heavy atom. The van der Waals surface area contributed by atoms with Gasteiger partial charge in [-0.3, -0.25) is 4.79 Å². The number of ether oxygens (including phenoxy) is 1. The zero-order valence-electron chi connectivity index (χ0n) is 16.4. The second-order valence-electron chi connectivity index (χ2n) is 7.56. The van der Waals surface area contributed by atoms with Crippen LogP contribution in [0.25, 0.3) is 17.0 Å². The fraction of sp³-hybridized carbons (Fsp3) is 0.368. The van der Waals surface area contributed by atoms with Crippen LogP contribution in [0.4, 0.5) is 0 Å². The monoisotopic (exact) mass is 402 g/mol. The highest BCUT2D eigenvalue weighted by atomic mass is 32.2. The Hall–Kier alpha value is -2.81. The summed E-state index contributed by atoms with van der Waals surface area (Å²) in [6.45, 7) is 7.17. The Morgan fingerprint density at radius 3 is 2.36 bits per heavy atom. The van der Waals surface area contributed by atoms with Gasteiger partial charge in [-0.05, 0) is 52.0 Å². The van der Waals surface area contributed by atoms with Crippen LogP contribution in [0.2, 0.25) is 0 Å². The molecular formula is C19H22N4O4S. The van der Waals surface area contributed by atoms with E-state index in [1.54, 1.807) is 50.4 Å². The van der Waals surface area contributed by atoms with Crippen molar-refractivity contribution in [1.82, 2.24) is 19.6 Å². The van der Waals surface area contributed by atoms with Crippen LogP contribution >= 0.6 is 0 Å². The molecule has 3 aromatic rings. The lowest BCUT2D eigenvalue weighted by atomic mass is 10.2. The average molecular weight is 402 g/mol.